The number of carbonyl (C=O) groups excluding carboxylic acids is 1. The molecule has 1 fully saturated rings. The lowest BCUT2D eigenvalue weighted by Gasteiger charge is -2.33. The lowest BCUT2D eigenvalue weighted by Crippen LogP contribution is -2.35. The maximum absolute atomic E-state index is 12.8. The van der Waals surface area contributed by atoms with Gasteiger partial charge in [-0.1, -0.05) is 6.92 Å². The molecule has 2 aromatic rings. The van der Waals surface area contributed by atoms with E-state index in [0.717, 1.165) is 61.6 Å². The summed E-state index contributed by atoms with van der Waals surface area (Å²) in [6.45, 7) is 6.50. The normalized spacial score (nSPS) is 14.8. The fraction of sp³-hybridized carbons (Fsp3) is 0.524. The van der Waals surface area contributed by atoms with Gasteiger partial charge in [-0.2, -0.15) is 0 Å². The van der Waals surface area contributed by atoms with Crippen LogP contribution in [-0.4, -0.2) is 35.4 Å². The summed E-state index contributed by atoms with van der Waals surface area (Å²) in [6, 6.07) is 4.61. The molecular formula is C21H28N4O3S. The number of aryl methyl sites for hydroxylation is 2. The van der Waals surface area contributed by atoms with Crippen LogP contribution in [0.1, 0.15) is 53.7 Å². The Hall–Kier alpha value is -2.48. The highest BCUT2D eigenvalue weighted by Gasteiger charge is 2.23. The Morgan fingerprint density at radius 3 is 2.76 bits per heavy atom. The molecule has 1 aliphatic heterocycles. The second kappa shape index (κ2) is 9.82. The maximum atomic E-state index is 12.8. The third kappa shape index (κ3) is 5.76. The number of nitrogens with zero attached hydrogens (tertiary/aromatic N) is 3. The van der Waals surface area contributed by atoms with Gasteiger partial charge in [0.05, 0.1) is 21.2 Å². The smallest absolute Gasteiger partial charge is 0.270 e. The van der Waals surface area contributed by atoms with Gasteiger partial charge in [-0.15, -0.1) is 11.3 Å². The molecule has 29 heavy (non-hydrogen) atoms. The summed E-state index contributed by atoms with van der Waals surface area (Å²) in [4.78, 5) is 30.2. The summed E-state index contributed by atoms with van der Waals surface area (Å²) in [5, 5.41) is 17.3. The van der Waals surface area contributed by atoms with Gasteiger partial charge in [0, 0.05) is 42.8 Å². The Morgan fingerprint density at radius 1 is 1.34 bits per heavy atom. The number of benzene rings is 1. The van der Waals surface area contributed by atoms with Gasteiger partial charge in [-0.05, 0) is 51.0 Å². The van der Waals surface area contributed by atoms with E-state index >= 15 is 0 Å². The van der Waals surface area contributed by atoms with E-state index in [4.69, 9.17) is 0 Å². The molecule has 0 saturated carbocycles. The number of thiazole rings is 1. The third-order valence-corrected chi connectivity index (χ3v) is 6.36. The van der Waals surface area contributed by atoms with Crippen LogP contribution in [0.25, 0.3) is 0 Å². The summed E-state index contributed by atoms with van der Waals surface area (Å²) in [5.74, 6) is 0.426. The van der Waals surface area contributed by atoms with E-state index in [1.807, 2.05) is 12.3 Å². The molecule has 1 aliphatic rings. The summed E-state index contributed by atoms with van der Waals surface area (Å²) in [6.07, 6.45) is 4.82. The molecular weight excluding hydrogens is 388 g/mol. The zero-order valence-corrected chi connectivity index (χ0v) is 17.8. The van der Waals surface area contributed by atoms with Crippen molar-refractivity contribution < 1.29 is 9.72 Å². The first-order valence-corrected chi connectivity index (χ1v) is 11.0. The first-order chi connectivity index (χ1) is 13.9. The van der Waals surface area contributed by atoms with Crippen LogP contribution in [0.3, 0.4) is 0 Å². The molecule has 0 radical (unpaired) electrons. The highest BCUT2D eigenvalue weighted by Crippen LogP contribution is 2.29. The van der Waals surface area contributed by atoms with E-state index in [1.165, 1.54) is 12.1 Å². The molecule has 1 amide bonds. The zero-order valence-electron chi connectivity index (χ0n) is 17.0. The van der Waals surface area contributed by atoms with Crippen molar-refractivity contribution in [3.8, 4) is 0 Å². The number of hydrogen-bond acceptors (Lipinski definition) is 6. The Kier molecular flexibility index (Phi) is 7.19. The van der Waals surface area contributed by atoms with Gasteiger partial charge >= 0.3 is 0 Å². The van der Waals surface area contributed by atoms with Gasteiger partial charge in [0.25, 0.3) is 11.6 Å². The Bertz CT molecular complexity index is 859. The lowest BCUT2D eigenvalue weighted by atomic mass is 9.98. The fourth-order valence-corrected chi connectivity index (χ4v) is 4.38. The molecule has 0 aliphatic carbocycles. The van der Waals surface area contributed by atoms with Crippen LogP contribution in [0, 0.1) is 23.0 Å². The Morgan fingerprint density at radius 2 is 2.10 bits per heavy atom. The van der Waals surface area contributed by atoms with E-state index < -0.39 is 4.92 Å². The minimum atomic E-state index is -0.450. The van der Waals surface area contributed by atoms with Crippen LogP contribution < -0.4 is 10.2 Å². The van der Waals surface area contributed by atoms with E-state index in [1.54, 1.807) is 17.4 Å². The van der Waals surface area contributed by atoms with Gasteiger partial charge in [0.15, 0.2) is 0 Å². The number of aromatic nitrogens is 1. The SMILES string of the molecule is Cc1csc(CCCCNC(=O)c2cc([N+](=O)[O-])ccc2N2CCC(C)CC2)n1. The predicted molar refractivity (Wildman–Crippen MR) is 116 cm³/mol. The van der Waals surface area contributed by atoms with Gasteiger partial charge in [-0.3, -0.25) is 14.9 Å². The van der Waals surface area contributed by atoms with Gasteiger partial charge in [0.1, 0.15) is 0 Å². The number of anilines is 1. The first kappa shape index (κ1) is 21.2. The molecule has 0 spiro atoms. The number of piperidine rings is 1. The number of nitro benzene ring substituents is 1. The number of hydrogen-bond donors (Lipinski definition) is 1. The molecule has 1 aromatic carbocycles. The van der Waals surface area contributed by atoms with Crippen molar-refractivity contribution in [3.05, 3.63) is 50.0 Å². The number of carbonyl (C=O) groups is 1. The Labute approximate surface area is 175 Å². The molecule has 0 atom stereocenters. The fourth-order valence-electron chi connectivity index (χ4n) is 3.56. The van der Waals surface area contributed by atoms with Crippen molar-refractivity contribution in [2.45, 2.75) is 46.0 Å². The van der Waals surface area contributed by atoms with E-state index in [-0.39, 0.29) is 11.6 Å². The summed E-state index contributed by atoms with van der Waals surface area (Å²) in [7, 11) is 0. The number of non-ortho nitro benzene ring substituents is 1. The molecule has 2 heterocycles. The first-order valence-electron chi connectivity index (χ1n) is 10.2. The molecule has 1 aromatic heterocycles. The molecule has 156 valence electrons. The highest BCUT2D eigenvalue weighted by molar-refractivity contribution is 7.09. The van der Waals surface area contributed by atoms with E-state index in [2.05, 4.69) is 22.1 Å². The van der Waals surface area contributed by atoms with Crippen molar-refractivity contribution in [1.82, 2.24) is 10.3 Å². The van der Waals surface area contributed by atoms with Crippen molar-refractivity contribution >= 4 is 28.6 Å². The summed E-state index contributed by atoms with van der Waals surface area (Å²) >= 11 is 1.67. The molecule has 0 bridgehead atoms. The van der Waals surface area contributed by atoms with Crippen LogP contribution in [0.5, 0.6) is 0 Å². The van der Waals surface area contributed by atoms with Crippen LogP contribution in [0.2, 0.25) is 0 Å². The summed E-state index contributed by atoms with van der Waals surface area (Å²) < 4.78 is 0. The van der Waals surface area contributed by atoms with Crippen LogP contribution in [-0.2, 0) is 6.42 Å². The molecule has 1 saturated heterocycles. The van der Waals surface area contributed by atoms with Crippen LogP contribution in [0.4, 0.5) is 11.4 Å². The molecule has 1 N–H and O–H groups in total. The third-order valence-electron chi connectivity index (χ3n) is 5.33. The van der Waals surface area contributed by atoms with E-state index in [0.29, 0.717) is 18.0 Å². The maximum Gasteiger partial charge on any atom is 0.270 e. The number of amides is 1. The molecule has 3 rings (SSSR count). The monoisotopic (exact) mass is 416 g/mol. The minimum Gasteiger partial charge on any atom is -0.371 e. The van der Waals surface area contributed by atoms with Gasteiger partial charge in [0.2, 0.25) is 0 Å². The molecule has 8 heteroatoms. The van der Waals surface area contributed by atoms with Crippen molar-refractivity contribution in [1.29, 1.82) is 0 Å². The van der Waals surface area contributed by atoms with Crippen molar-refractivity contribution in [2.24, 2.45) is 5.92 Å². The number of rotatable bonds is 8. The standard InChI is InChI=1S/C21H28N4O3S/c1-15-8-11-24(12-9-15)19-7-6-17(25(27)28)13-18(19)21(26)22-10-4-3-5-20-23-16(2)14-29-20/h6-7,13-15H,3-5,8-12H2,1-2H3,(H,22,26). The predicted octanol–water partition coefficient (Wildman–Crippen LogP) is 4.35. The number of nitro groups is 1. The molecule has 0 unspecified atom stereocenters. The molecule has 7 nitrogen and oxygen atoms in total. The zero-order chi connectivity index (χ0) is 20.8. The Balaban J connectivity index is 1.61. The van der Waals surface area contributed by atoms with E-state index in [9.17, 15) is 14.9 Å². The van der Waals surface area contributed by atoms with Crippen molar-refractivity contribution in [2.75, 3.05) is 24.5 Å². The van der Waals surface area contributed by atoms with Crippen molar-refractivity contribution in [3.63, 3.8) is 0 Å². The average Bonchev–Trinajstić information content (AvgIpc) is 3.12. The number of nitrogens with one attached hydrogen (secondary N) is 1. The van der Waals surface area contributed by atoms with Gasteiger partial charge in [-0.25, -0.2) is 4.98 Å². The minimum absolute atomic E-state index is 0.0524. The van der Waals surface area contributed by atoms with Crippen LogP contribution >= 0.6 is 11.3 Å². The second-order valence-electron chi connectivity index (χ2n) is 7.72. The quantitative estimate of drug-likeness (QED) is 0.393. The highest BCUT2D eigenvalue weighted by atomic mass is 32.1. The lowest BCUT2D eigenvalue weighted by molar-refractivity contribution is -0.384. The number of unbranched alkanes of at least 4 members (excludes halogenated alkanes) is 1. The topological polar surface area (TPSA) is 88.4 Å². The largest absolute Gasteiger partial charge is 0.371 e. The van der Waals surface area contributed by atoms with Gasteiger partial charge < -0.3 is 10.2 Å². The average molecular weight is 417 g/mol. The summed E-state index contributed by atoms with van der Waals surface area (Å²) in [5.41, 5.74) is 2.18. The van der Waals surface area contributed by atoms with Crippen LogP contribution in [0.15, 0.2) is 23.6 Å². The second-order valence-corrected chi connectivity index (χ2v) is 8.67.